The van der Waals surface area contributed by atoms with Gasteiger partial charge >= 0.3 is 0 Å². The van der Waals surface area contributed by atoms with Gasteiger partial charge in [-0.3, -0.25) is 14.7 Å². The fraction of sp³-hybridized carbons (Fsp3) is 0.261. The second kappa shape index (κ2) is 7.64. The fourth-order valence-corrected chi connectivity index (χ4v) is 4.42. The molecule has 1 saturated carbocycles. The number of amides is 1. The van der Waals surface area contributed by atoms with Crippen molar-refractivity contribution in [3.8, 4) is 6.07 Å². The number of rotatable bonds is 4. The molecule has 5 rings (SSSR count). The van der Waals surface area contributed by atoms with Gasteiger partial charge in [0, 0.05) is 18.9 Å². The van der Waals surface area contributed by atoms with Gasteiger partial charge in [-0.15, -0.1) is 5.10 Å². The lowest BCUT2D eigenvalue weighted by molar-refractivity contribution is -0.120. The Labute approximate surface area is 181 Å². The summed E-state index contributed by atoms with van der Waals surface area (Å²) in [7, 11) is 0. The van der Waals surface area contributed by atoms with E-state index >= 15 is 0 Å². The molecule has 2 aromatic carbocycles. The largest absolute Gasteiger partial charge is 0.339 e. The fourth-order valence-electron chi connectivity index (χ4n) is 4.42. The molecule has 0 saturated heterocycles. The van der Waals surface area contributed by atoms with Gasteiger partial charge in [-0.2, -0.15) is 5.26 Å². The number of fused-ring (bicyclic) bond motifs is 3. The molecule has 3 atom stereocenters. The summed E-state index contributed by atoms with van der Waals surface area (Å²) in [5.74, 6) is -2.38. The van der Waals surface area contributed by atoms with E-state index in [4.69, 9.17) is 5.26 Å². The molecule has 1 fully saturated rings. The molecule has 1 unspecified atom stereocenters. The van der Waals surface area contributed by atoms with Crippen LogP contribution < -0.4 is 5.32 Å². The van der Waals surface area contributed by atoms with Crippen LogP contribution in [0.15, 0.2) is 36.4 Å². The van der Waals surface area contributed by atoms with Gasteiger partial charge in [-0.25, -0.2) is 13.8 Å². The number of Topliss-reactive ketones (excluding diaryl/α,β-unsaturated/α-hetero) is 1. The molecule has 1 amide bonds. The molecule has 9 heteroatoms. The minimum absolute atomic E-state index is 0.111. The standard InChI is InChI=1S/C23H17F2N5O2/c24-13-6-14-15-8-17(15)21(19(31)9-16(14)18(25)7-13)28-23(32)22-27-20(29-30-22)5-11-2-1-3-12(4-11)10-26/h1-4,6-7,15,17,21H,5,8-9H2,(H,28,32)(H,27,29,30)/t15-,17?,21-/m0/s1. The smallest absolute Gasteiger partial charge is 0.291 e. The summed E-state index contributed by atoms with van der Waals surface area (Å²) in [4.78, 5) is 29.7. The Hall–Kier alpha value is -3.93. The lowest BCUT2D eigenvalue weighted by atomic mass is 9.99. The van der Waals surface area contributed by atoms with Gasteiger partial charge in [-0.05, 0) is 53.1 Å². The molecule has 3 aromatic rings. The molecule has 1 heterocycles. The van der Waals surface area contributed by atoms with Crippen LogP contribution in [0.3, 0.4) is 0 Å². The molecule has 2 N–H and O–H groups in total. The van der Waals surface area contributed by atoms with Gasteiger partial charge in [0.25, 0.3) is 5.91 Å². The first-order chi connectivity index (χ1) is 15.4. The number of aromatic nitrogens is 3. The number of hydrogen-bond donors (Lipinski definition) is 2. The number of nitriles is 1. The maximum absolute atomic E-state index is 14.2. The monoisotopic (exact) mass is 433 g/mol. The molecular formula is C23H17F2N5O2. The predicted molar refractivity (Wildman–Crippen MR) is 108 cm³/mol. The van der Waals surface area contributed by atoms with Gasteiger partial charge in [0.05, 0.1) is 17.7 Å². The van der Waals surface area contributed by atoms with Crippen LogP contribution in [0.1, 0.15) is 51.0 Å². The summed E-state index contributed by atoms with van der Waals surface area (Å²) in [6.07, 6.45) is 0.720. The lowest BCUT2D eigenvalue weighted by Crippen LogP contribution is -2.43. The van der Waals surface area contributed by atoms with Gasteiger partial charge in [0.15, 0.2) is 5.78 Å². The molecule has 2 aliphatic rings. The summed E-state index contributed by atoms with van der Waals surface area (Å²) >= 11 is 0. The lowest BCUT2D eigenvalue weighted by Gasteiger charge is -2.15. The van der Waals surface area contributed by atoms with E-state index in [0.29, 0.717) is 29.8 Å². The topological polar surface area (TPSA) is 112 Å². The molecule has 0 aliphatic heterocycles. The molecule has 0 spiro atoms. The number of benzene rings is 2. The van der Waals surface area contributed by atoms with E-state index in [9.17, 15) is 18.4 Å². The Bertz CT molecular complexity index is 1300. The number of nitrogens with one attached hydrogen (secondary N) is 2. The van der Waals surface area contributed by atoms with Crippen LogP contribution in [0.2, 0.25) is 0 Å². The molecule has 1 aromatic heterocycles. The Morgan fingerprint density at radius 2 is 2.12 bits per heavy atom. The van der Waals surface area contributed by atoms with Crippen molar-refractivity contribution in [3.63, 3.8) is 0 Å². The Morgan fingerprint density at radius 1 is 1.28 bits per heavy atom. The SMILES string of the molecule is N#Cc1cccc(Cc2nc(C(=O)N[C@@H]3C(=O)Cc4c(F)cc(F)cc4[C@@H]4CC34)n[nH]2)c1. The number of H-pyrrole nitrogens is 1. The van der Waals surface area contributed by atoms with Crippen LogP contribution in [-0.4, -0.2) is 32.9 Å². The van der Waals surface area contributed by atoms with Crippen LogP contribution in [0.4, 0.5) is 8.78 Å². The van der Waals surface area contributed by atoms with Crippen LogP contribution in [-0.2, 0) is 17.6 Å². The van der Waals surface area contributed by atoms with E-state index in [1.807, 2.05) is 6.07 Å². The maximum Gasteiger partial charge on any atom is 0.291 e. The van der Waals surface area contributed by atoms with Crippen molar-refractivity contribution in [2.45, 2.75) is 31.2 Å². The molecule has 0 radical (unpaired) electrons. The first-order valence-corrected chi connectivity index (χ1v) is 10.1. The van der Waals surface area contributed by atoms with Crippen molar-refractivity contribution in [1.82, 2.24) is 20.5 Å². The summed E-state index contributed by atoms with van der Waals surface area (Å²) in [5, 5.41) is 18.3. The number of ketones is 1. The highest BCUT2D eigenvalue weighted by molar-refractivity contribution is 5.97. The van der Waals surface area contributed by atoms with E-state index < -0.39 is 23.6 Å². The number of halogens is 2. The van der Waals surface area contributed by atoms with Crippen molar-refractivity contribution >= 4 is 11.7 Å². The van der Waals surface area contributed by atoms with Gasteiger partial charge < -0.3 is 5.32 Å². The number of aromatic amines is 1. The minimum atomic E-state index is -0.809. The Kier molecular flexibility index (Phi) is 4.78. The average molecular weight is 433 g/mol. The molecule has 2 aliphatic carbocycles. The zero-order valence-corrected chi connectivity index (χ0v) is 16.7. The zero-order chi connectivity index (χ0) is 22.4. The van der Waals surface area contributed by atoms with Crippen LogP contribution in [0.25, 0.3) is 0 Å². The minimum Gasteiger partial charge on any atom is -0.339 e. The molecular weight excluding hydrogens is 416 g/mol. The first kappa shape index (κ1) is 20.0. The second-order valence-corrected chi connectivity index (χ2v) is 8.15. The van der Waals surface area contributed by atoms with Crippen molar-refractivity contribution in [3.05, 3.63) is 81.9 Å². The number of carbonyl (C=O) groups excluding carboxylic acids is 2. The second-order valence-electron chi connectivity index (χ2n) is 8.15. The van der Waals surface area contributed by atoms with Crippen molar-refractivity contribution in [1.29, 1.82) is 5.26 Å². The van der Waals surface area contributed by atoms with Crippen LogP contribution in [0.5, 0.6) is 0 Å². The molecule has 0 bridgehead atoms. The van der Waals surface area contributed by atoms with Gasteiger partial charge in [0.2, 0.25) is 5.82 Å². The van der Waals surface area contributed by atoms with Gasteiger partial charge in [0.1, 0.15) is 17.5 Å². The van der Waals surface area contributed by atoms with Crippen LogP contribution >= 0.6 is 0 Å². The molecule has 32 heavy (non-hydrogen) atoms. The highest BCUT2D eigenvalue weighted by Crippen LogP contribution is 2.53. The summed E-state index contributed by atoms with van der Waals surface area (Å²) < 4.78 is 27.9. The normalized spacial score (nSPS) is 21.2. The third-order valence-electron chi connectivity index (χ3n) is 6.01. The Morgan fingerprint density at radius 3 is 2.94 bits per heavy atom. The third-order valence-corrected chi connectivity index (χ3v) is 6.01. The number of hydrogen-bond acceptors (Lipinski definition) is 5. The zero-order valence-electron chi connectivity index (χ0n) is 16.7. The quantitative estimate of drug-likeness (QED) is 0.657. The predicted octanol–water partition coefficient (Wildman–Crippen LogP) is 2.57. The van der Waals surface area contributed by atoms with Gasteiger partial charge in [-0.1, -0.05) is 12.1 Å². The summed E-state index contributed by atoms with van der Waals surface area (Å²) in [6.45, 7) is 0. The van der Waals surface area contributed by atoms with E-state index in [-0.39, 0.29) is 35.4 Å². The molecule has 160 valence electrons. The highest BCUT2D eigenvalue weighted by Gasteiger charge is 2.51. The first-order valence-electron chi connectivity index (χ1n) is 10.1. The van der Waals surface area contributed by atoms with E-state index in [1.54, 1.807) is 18.2 Å². The van der Waals surface area contributed by atoms with E-state index in [1.165, 1.54) is 6.07 Å². The Balaban J connectivity index is 1.30. The van der Waals surface area contributed by atoms with Crippen molar-refractivity contribution in [2.24, 2.45) is 5.92 Å². The number of carbonyl (C=O) groups is 2. The number of nitrogens with zero attached hydrogens (tertiary/aromatic N) is 3. The van der Waals surface area contributed by atoms with Crippen molar-refractivity contribution < 1.29 is 18.4 Å². The summed E-state index contributed by atoms with van der Waals surface area (Å²) in [5.41, 5.74) is 2.07. The van der Waals surface area contributed by atoms with Crippen molar-refractivity contribution in [2.75, 3.05) is 0 Å². The maximum atomic E-state index is 14.2. The molecule has 7 nitrogen and oxygen atoms in total. The van der Waals surface area contributed by atoms with E-state index in [0.717, 1.165) is 11.6 Å². The average Bonchev–Trinajstić information content (AvgIpc) is 3.44. The summed E-state index contributed by atoms with van der Waals surface area (Å²) in [6, 6.07) is 10.3. The highest BCUT2D eigenvalue weighted by atomic mass is 19.1. The van der Waals surface area contributed by atoms with Crippen LogP contribution in [0, 0.1) is 28.9 Å². The van der Waals surface area contributed by atoms with E-state index in [2.05, 4.69) is 26.6 Å². The third kappa shape index (κ3) is 3.64.